The summed E-state index contributed by atoms with van der Waals surface area (Å²) in [5, 5.41) is 3.43. The summed E-state index contributed by atoms with van der Waals surface area (Å²) in [4.78, 5) is 8.06. The van der Waals surface area contributed by atoms with Crippen LogP contribution in [0.5, 0.6) is 5.75 Å². The van der Waals surface area contributed by atoms with Crippen LogP contribution in [0.15, 0.2) is 36.7 Å². The van der Waals surface area contributed by atoms with Gasteiger partial charge in [-0.15, -0.1) is 0 Å². The molecule has 0 saturated heterocycles. The van der Waals surface area contributed by atoms with Gasteiger partial charge in [-0.05, 0) is 19.1 Å². The van der Waals surface area contributed by atoms with Crippen LogP contribution in [0.4, 0.5) is 11.5 Å². The smallest absolute Gasteiger partial charge is 0.171 e. The lowest BCUT2D eigenvalue weighted by atomic mass is 10.3. The number of rotatable bonds is 4. The molecular weight excluding hydrogens is 238 g/mol. The van der Waals surface area contributed by atoms with E-state index in [1.54, 1.807) is 12.4 Å². The Morgan fingerprint density at radius 2 is 2.00 bits per heavy atom. The Bertz CT molecular complexity index is 505. The molecule has 0 unspecified atom stereocenters. The molecule has 17 heavy (non-hydrogen) atoms. The molecule has 0 radical (unpaired) electrons. The zero-order valence-electron chi connectivity index (χ0n) is 9.35. The molecule has 0 amide bonds. The topological polar surface area (TPSA) is 47.0 Å². The maximum Gasteiger partial charge on any atom is 0.171 e. The number of para-hydroxylation sites is 2. The summed E-state index contributed by atoms with van der Waals surface area (Å²) < 4.78 is 5.50. The number of benzene rings is 1. The number of nitrogens with zero attached hydrogens (tertiary/aromatic N) is 2. The minimum absolute atomic E-state index is 0.332. The van der Waals surface area contributed by atoms with Gasteiger partial charge in [0.2, 0.25) is 0 Å². The average molecular weight is 250 g/mol. The van der Waals surface area contributed by atoms with Crippen LogP contribution in [0.2, 0.25) is 5.15 Å². The van der Waals surface area contributed by atoms with Crippen molar-refractivity contribution in [2.24, 2.45) is 0 Å². The summed E-state index contributed by atoms with van der Waals surface area (Å²) in [7, 11) is 0. The lowest BCUT2D eigenvalue weighted by Gasteiger charge is -2.11. The number of hydrogen-bond acceptors (Lipinski definition) is 4. The molecule has 0 aliphatic carbocycles. The van der Waals surface area contributed by atoms with Crippen molar-refractivity contribution in [3.8, 4) is 5.75 Å². The molecule has 2 rings (SSSR count). The minimum Gasteiger partial charge on any atom is -0.492 e. The molecule has 1 aromatic carbocycles. The molecule has 0 fully saturated rings. The van der Waals surface area contributed by atoms with Crippen LogP contribution in [0.25, 0.3) is 0 Å². The first-order chi connectivity index (χ1) is 8.31. The van der Waals surface area contributed by atoms with Crippen molar-refractivity contribution in [3.05, 3.63) is 41.8 Å². The van der Waals surface area contributed by atoms with E-state index in [0.29, 0.717) is 17.6 Å². The summed E-state index contributed by atoms with van der Waals surface area (Å²) in [6.45, 7) is 2.54. The van der Waals surface area contributed by atoms with Crippen LogP contribution in [-0.2, 0) is 0 Å². The van der Waals surface area contributed by atoms with E-state index in [1.165, 1.54) is 0 Å². The van der Waals surface area contributed by atoms with Crippen LogP contribution in [0.3, 0.4) is 0 Å². The number of ether oxygens (including phenoxy) is 1. The molecule has 2 aromatic rings. The maximum absolute atomic E-state index is 5.93. The molecule has 0 aliphatic rings. The Labute approximate surface area is 105 Å². The number of nitrogens with one attached hydrogen (secondary N) is 1. The highest BCUT2D eigenvalue weighted by Gasteiger charge is 2.06. The Morgan fingerprint density at radius 1 is 1.24 bits per heavy atom. The first kappa shape index (κ1) is 11.7. The third-order valence-corrected chi connectivity index (χ3v) is 2.37. The van der Waals surface area contributed by atoms with Crippen LogP contribution in [-0.4, -0.2) is 16.6 Å². The molecule has 1 heterocycles. The monoisotopic (exact) mass is 249 g/mol. The molecule has 0 spiro atoms. The van der Waals surface area contributed by atoms with E-state index in [-0.39, 0.29) is 0 Å². The third kappa shape index (κ3) is 2.85. The predicted octanol–water partition coefficient (Wildman–Crippen LogP) is 3.27. The van der Waals surface area contributed by atoms with Gasteiger partial charge in [0.15, 0.2) is 11.0 Å². The van der Waals surface area contributed by atoms with Gasteiger partial charge < -0.3 is 10.1 Å². The quantitative estimate of drug-likeness (QED) is 0.903. The third-order valence-electron chi connectivity index (χ3n) is 2.09. The second-order valence-electron chi connectivity index (χ2n) is 3.25. The zero-order valence-corrected chi connectivity index (χ0v) is 10.1. The molecule has 88 valence electrons. The van der Waals surface area contributed by atoms with E-state index in [0.717, 1.165) is 11.4 Å². The SMILES string of the molecule is CCOc1ccccc1Nc1nccnc1Cl. The van der Waals surface area contributed by atoms with E-state index in [2.05, 4.69) is 15.3 Å². The second-order valence-corrected chi connectivity index (χ2v) is 3.61. The van der Waals surface area contributed by atoms with Crippen molar-refractivity contribution in [2.45, 2.75) is 6.92 Å². The van der Waals surface area contributed by atoms with E-state index in [4.69, 9.17) is 16.3 Å². The van der Waals surface area contributed by atoms with Gasteiger partial charge in [-0.3, -0.25) is 0 Å². The molecule has 0 bridgehead atoms. The lowest BCUT2D eigenvalue weighted by Crippen LogP contribution is -1.99. The molecule has 1 N–H and O–H groups in total. The van der Waals surface area contributed by atoms with Crippen molar-refractivity contribution >= 4 is 23.1 Å². The first-order valence-corrected chi connectivity index (χ1v) is 5.64. The number of aromatic nitrogens is 2. The first-order valence-electron chi connectivity index (χ1n) is 5.26. The molecule has 0 atom stereocenters. The number of anilines is 2. The van der Waals surface area contributed by atoms with E-state index < -0.39 is 0 Å². The summed E-state index contributed by atoms with van der Waals surface area (Å²) in [5.74, 6) is 1.28. The van der Waals surface area contributed by atoms with Crippen molar-refractivity contribution in [3.63, 3.8) is 0 Å². The van der Waals surface area contributed by atoms with Crippen LogP contribution in [0.1, 0.15) is 6.92 Å². The molecule has 0 aliphatic heterocycles. The van der Waals surface area contributed by atoms with Gasteiger partial charge in [0, 0.05) is 12.4 Å². The van der Waals surface area contributed by atoms with E-state index in [9.17, 15) is 0 Å². The molecule has 5 heteroatoms. The molecular formula is C12H12ClN3O. The van der Waals surface area contributed by atoms with Crippen molar-refractivity contribution < 1.29 is 4.74 Å². The van der Waals surface area contributed by atoms with Gasteiger partial charge >= 0.3 is 0 Å². The van der Waals surface area contributed by atoms with E-state index in [1.807, 2.05) is 31.2 Å². The van der Waals surface area contributed by atoms with Gasteiger partial charge in [0.1, 0.15) is 5.75 Å². The predicted molar refractivity (Wildman–Crippen MR) is 67.9 cm³/mol. The molecule has 4 nitrogen and oxygen atoms in total. The van der Waals surface area contributed by atoms with Crippen molar-refractivity contribution in [1.29, 1.82) is 0 Å². The average Bonchev–Trinajstić information content (AvgIpc) is 2.35. The number of halogens is 1. The van der Waals surface area contributed by atoms with Gasteiger partial charge in [0.05, 0.1) is 12.3 Å². The highest BCUT2D eigenvalue weighted by molar-refractivity contribution is 6.31. The highest BCUT2D eigenvalue weighted by Crippen LogP contribution is 2.28. The Balaban J connectivity index is 2.27. The maximum atomic E-state index is 5.93. The highest BCUT2D eigenvalue weighted by atomic mass is 35.5. The summed E-state index contributed by atoms with van der Waals surface area (Å²) >= 11 is 5.93. The fraction of sp³-hybridized carbons (Fsp3) is 0.167. The Morgan fingerprint density at radius 3 is 2.76 bits per heavy atom. The summed E-state index contributed by atoms with van der Waals surface area (Å²) in [5.41, 5.74) is 0.816. The second kappa shape index (κ2) is 5.50. The van der Waals surface area contributed by atoms with Gasteiger partial charge in [-0.25, -0.2) is 9.97 Å². The van der Waals surface area contributed by atoms with Gasteiger partial charge in [-0.1, -0.05) is 23.7 Å². The minimum atomic E-state index is 0.332. The standard InChI is InChI=1S/C12H12ClN3O/c1-2-17-10-6-4-3-5-9(10)16-12-11(13)14-7-8-15-12/h3-8H,2H2,1H3,(H,15,16). The Kier molecular flexibility index (Phi) is 3.77. The van der Waals surface area contributed by atoms with E-state index >= 15 is 0 Å². The van der Waals surface area contributed by atoms with Crippen LogP contribution < -0.4 is 10.1 Å². The largest absolute Gasteiger partial charge is 0.492 e. The number of hydrogen-bond donors (Lipinski definition) is 1. The fourth-order valence-electron chi connectivity index (χ4n) is 1.38. The zero-order chi connectivity index (χ0) is 12.1. The van der Waals surface area contributed by atoms with Crippen molar-refractivity contribution in [1.82, 2.24) is 9.97 Å². The van der Waals surface area contributed by atoms with Crippen LogP contribution >= 0.6 is 11.6 Å². The fourth-order valence-corrected chi connectivity index (χ4v) is 1.54. The van der Waals surface area contributed by atoms with Crippen LogP contribution in [0, 0.1) is 0 Å². The normalized spacial score (nSPS) is 10.0. The summed E-state index contributed by atoms with van der Waals surface area (Å²) in [6.07, 6.45) is 3.12. The summed E-state index contributed by atoms with van der Waals surface area (Å²) in [6, 6.07) is 7.61. The molecule has 0 saturated carbocycles. The lowest BCUT2D eigenvalue weighted by molar-refractivity contribution is 0.342. The van der Waals surface area contributed by atoms with Gasteiger partial charge in [0.25, 0.3) is 0 Å². The van der Waals surface area contributed by atoms with Gasteiger partial charge in [-0.2, -0.15) is 0 Å². The Hall–Kier alpha value is -1.81. The molecule has 1 aromatic heterocycles. The van der Waals surface area contributed by atoms with Crippen molar-refractivity contribution in [2.75, 3.05) is 11.9 Å².